The lowest BCUT2D eigenvalue weighted by atomic mass is 10.1. The molecule has 0 saturated carbocycles. The molecule has 0 heterocycles. The number of hydrogen-bond donors (Lipinski definition) is 1. The van der Waals surface area contributed by atoms with Crippen molar-refractivity contribution in [3.8, 4) is 0 Å². The molecule has 0 unspecified atom stereocenters. The number of amides is 1. The summed E-state index contributed by atoms with van der Waals surface area (Å²) in [6.45, 7) is 1.74. The molecule has 1 aromatic carbocycles. The normalized spacial score (nSPS) is 10.6. The topological polar surface area (TPSA) is 32.3 Å². The number of carbonyl (C=O) groups excluding carboxylic acids is 1. The van der Waals surface area contributed by atoms with Crippen LogP contribution >= 0.6 is 15.9 Å². The average Bonchev–Trinajstić information content (AvgIpc) is 2.24. The first kappa shape index (κ1) is 14.2. The van der Waals surface area contributed by atoms with E-state index in [0.29, 0.717) is 6.42 Å². The highest BCUT2D eigenvalue weighted by Gasteiger charge is 2.03. The van der Waals surface area contributed by atoms with E-state index >= 15 is 0 Å². The Hall–Kier alpha value is -0.870. The number of rotatable bonds is 6. The minimum absolute atomic E-state index is 0.0851. The smallest absolute Gasteiger partial charge is 0.224 e. The summed E-state index contributed by atoms with van der Waals surface area (Å²) >= 11 is 3.39. The summed E-state index contributed by atoms with van der Waals surface area (Å²) in [7, 11) is 4.06. The Balaban J connectivity index is 2.25. The van der Waals surface area contributed by atoms with Gasteiger partial charge in [0.1, 0.15) is 0 Å². The van der Waals surface area contributed by atoms with Crippen LogP contribution in [-0.4, -0.2) is 38.0 Å². The third-order valence-corrected chi connectivity index (χ3v) is 2.85. The molecular weight excluding hydrogens is 280 g/mol. The van der Waals surface area contributed by atoms with Gasteiger partial charge in [-0.25, -0.2) is 0 Å². The third-order valence-electron chi connectivity index (χ3n) is 2.36. The highest BCUT2D eigenvalue weighted by molar-refractivity contribution is 9.10. The lowest BCUT2D eigenvalue weighted by molar-refractivity contribution is -0.120. The predicted octanol–water partition coefficient (Wildman–Crippen LogP) is 2.06. The summed E-state index contributed by atoms with van der Waals surface area (Å²) in [4.78, 5) is 13.7. The maximum Gasteiger partial charge on any atom is 0.224 e. The number of halogens is 1. The fourth-order valence-electron chi connectivity index (χ4n) is 1.52. The number of nitrogens with zero attached hydrogens (tertiary/aromatic N) is 1. The van der Waals surface area contributed by atoms with Crippen molar-refractivity contribution in [2.45, 2.75) is 12.8 Å². The second-order valence-corrected chi connectivity index (χ2v) is 5.23. The Bertz CT molecular complexity index is 366. The van der Waals surface area contributed by atoms with E-state index in [1.165, 1.54) is 0 Å². The van der Waals surface area contributed by atoms with E-state index in [1.807, 2.05) is 38.4 Å². The van der Waals surface area contributed by atoms with E-state index in [-0.39, 0.29) is 5.91 Å². The monoisotopic (exact) mass is 298 g/mol. The Morgan fingerprint density at radius 3 is 2.82 bits per heavy atom. The molecule has 0 saturated heterocycles. The Labute approximate surface area is 111 Å². The molecule has 94 valence electrons. The summed E-state index contributed by atoms with van der Waals surface area (Å²) in [5.41, 5.74) is 1.03. The van der Waals surface area contributed by atoms with Crippen LogP contribution in [0.3, 0.4) is 0 Å². The van der Waals surface area contributed by atoms with E-state index in [9.17, 15) is 4.79 Å². The second kappa shape index (κ2) is 7.45. The molecule has 1 N–H and O–H groups in total. The van der Waals surface area contributed by atoms with Crippen molar-refractivity contribution in [1.29, 1.82) is 0 Å². The molecule has 3 nitrogen and oxygen atoms in total. The molecule has 0 aliphatic rings. The zero-order valence-electron chi connectivity index (χ0n) is 10.4. The van der Waals surface area contributed by atoms with Gasteiger partial charge in [-0.3, -0.25) is 4.79 Å². The van der Waals surface area contributed by atoms with Gasteiger partial charge < -0.3 is 10.2 Å². The van der Waals surface area contributed by atoms with Gasteiger partial charge in [-0.05, 0) is 44.8 Å². The fraction of sp³-hybridized carbons (Fsp3) is 0.462. The lowest BCUT2D eigenvalue weighted by Crippen LogP contribution is -2.28. The molecule has 0 spiro atoms. The van der Waals surface area contributed by atoms with Gasteiger partial charge in [0.25, 0.3) is 0 Å². The van der Waals surface area contributed by atoms with Crippen LogP contribution in [0.1, 0.15) is 12.0 Å². The number of hydrogen-bond acceptors (Lipinski definition) is 2. The molecule has 4 heteroatoms. The van der Waals surface area contributed by atoms with Crippen molar-refractivity contribution in [2.24, 2.45) is 0 Å². The highest BCUT2D eigenvalue weighted by atomic mass is 79.9. The first-order valence-electron chi connectivity index (χ1n) is 5.74. The van der Waals surface area contributed by atoms with Crippen LogP contribution in [0.15, 0.2) is 28.7 Å². The standard InChI is InChI=1S/C13H19BrN2O/c1-16(2)8-4-7-15-13(17)10-11-5-3-6-12(14)9-11/h3,5-6,9H,4,7-8,10H2,1-2H3,(H,15,17). The number of benzene rings is 1. The van der Waals surface area contributed by atoms with Gasteiger partial charge >= 0.3 is 0 Å². The van der Waals surface area contributed by atoms with Crippen molar-refractivity contribution < 1.29 is 4.79 Å². The predicted molar refractivity (Wildman–Crippen MR) is 74.0 cm³/mol. The average molecular weight is 299 g/mol. The maximum absolute atomic E-state index is 11.6. The molecule has 0 fully saturated rings. The molecule has 1 rings (SSSR count). The van der Waals surface area contributed by atoms with Crippen LogP contribution in [0.5, 0.6) is 0 Å². The van der Waals surface area contributed by atoms with Crippen LogP contribution in [0.4, 0.5) is 0 Å². The third kappa shape index (κ3) is 6.44. The van der Waals surface area contributed by atoms with E-state index in [4.69, 9.17) is 0 Å². The number of carbonyl (C=O) groups is 1. The first-order valence-corrected chi connectivity index (χ1v) is 6.53. The van der Waals surface area contributed by atoms with Gasteiger partial charge in [-0.1, -0.05) is 28.1 Å². The second-order valence-electron chi connectivity index (χ2n) is 4.31. The zero-order chi connectivity index (χ0) is 12.7. The summed E-state index contributed by atoms with van der Waals surface area (Å²) in [6, 6.07) is 7.83. The maximum atomic E-state index is 11.6. The Morgan fingerprint density at radius 1 is 1.41 bits per heavy atom. The van der Waals surface area contributed by atoms with Gasteiger partial charge in [0.05, 0.1) is 6.42 Å². The van der Waals surface area contributed by atoms with E-state index in [0.717, 1.165) is 29.5 Å². The van der Waals surface area contributed by atoms with E-state index in [1.54, 1.807) is 0 Å². The molecule has 0 radical (unpaired) electrons. The van der Waals surface area contributed by atoms with Crippen LogP contribution in [0.25, 0.3) is 0 Å². The fourth-order valence-corrected chi connectivity index (χ4v) is 1.96. The van der Waals surface area contributed by atoms with Crippen molar-refractivity contribution in [3.05, 3.63) is 34.3 Å². The van der Waals surface area contributed by atoms with Gasteiger partial charge in [0.15, 0.2) is 0 Å². The largest absolute Gasteiger partial charge is 0.356 e. The Kier molecular flexibility index (Phi) is 6.22. The molecule has 17 heavy (non-hydrogen) atoms. The minimum Gasteiger partial charge on any atom is -0.356 e. The lowest BCUT2D eigenvalue weighted by Gasteiger charge is -2.10. The van der Waals surface area contributed by atoms with Crippen molar-refractivity contribution in [3.63, 3.8) is 0 Å². The van der Waals surface area contributed by atoms with Crippen LogP contribution in [-0.2, 0) is 11.2 Å². The highest BCUT2D eigenvalue weighted by Crippen LogP contribution is 2.11. The van der Waals surface area contributed by atoms with Gasteiger partial charge in [0, 0.05) is 11.0 Å². The summed E-state index contributed by atoms with van der Waals surface area (Å²) < 4.78 is 1.01. The van der Waals surface area contributed by atoms with Crippen LogP contribution in [0, 0.1) is 0 Å². The first-order chi connectivity index (χ1) is 8.08. The summed E-state index contributed by atoms with van der Waals surface area (Å²) in [6.07, 6.45) is 1.43. The SMILES string of the molecule is CN(C)CCCNC(=O)Cc1cccc(Br)c1. The molecule has 0 atom stereocenters. The molecular formula is C13H19BrN2O. The molecule has 0 bridgehead atoms. The minimum atomic E-state index is 0.0851. The van der Waals surface area contributed by atoms with Crippen LogP contribution < -0.4 is 5.32 Å². The quantitative estimate of drug-likeness (QED) is 0.816. The number of nitrogens with one attached hydrogen (secondary N) is 1. The summed E-state index contributed by atoms with van der Waals surface area (Å²) in [5, 5.41) is 2.93. The molecule has 1 amide bonds. The van der Waals surface area contributed by atoms with Crippen molar-refractivity contribution >= 4 is 21.8 Å². The summed E-state index contributed by atoms with van der Waals surface area (Å²) in [5.74, 6) is 0.0851. The van der Waals surface area contributed by atoms with Gasteiger partial charge in [-0.2, -0.15) is 0 Å². The van der Waals surface area contributed by atoms with Crippen molar-refractivity contribution in [1.82, 2.24) is 10.2 Å². The van der Waals surface area contributed by atoms with Crippen LogP contribution in [0.2, 0.25) is 0 Å². The molecule has 0 aromatic heterocycles. The Morgan fingerprint density at radius 2 is 2.18 bits per heavy atom. The van der Waals surface area contributed by atoms with Crippen molar-refractivity contribution in [2.75, 3.05) is 27.2 Å². The zero-order valence-corrected chi connectivity index (χ0v) is 12.0. The molecule has 0 aliphatic heterocycles. The van der Waals surface area contributed by atoms with E-state index in [2.05, 4.69) is 26.1 Å². The van der Waals surface area contributed by atoms with Gasteiger partial charge in [0.2, 0.25) is 5.91 Å². The van der Waals surface area contributed by atoms with E-state index < -0.39 is 0 Å². The molecule has 1 aromatic rings. The molecule has 0 aliphatic carbocycles. The van der Waals surface area contributed by atoms with Gasteiger partial charge in [-0.15, -0.1) is 0 Å².